The van der Waals surface area contributed by atoms with E-state index in [0.29, 0.717) is 0 Å². The molecule has 1 saturated heterocycles. The summed E-state index contributed by atoms with van der Waals surface area (Å²) in [5.41, 5.74) is 1.73. The fraction of sp³-hybridized carbons (Fsp3) is 0.600. The maximum atomic E-state index is 9.18. The minimum absolute atomic E-state index is 0.0684. The summed E-state index contributed by atoms with van der Waals surface area (Å²) in [6.45, 7) is 10.3. The summed E-state index contributed by atoms with van der Waals surface area (Å²) in [6, 6.07) is 6.01. The Hall–Kier alpha value is -0.580. The zero-order valence-electron chi connectivity index (χ0n) is 12.0. The molecule has 2 rings (SSSR count). The second kappa shape index (κ2) is 5.08. The van der Waals surface area contributed by atoms with Crippen molar-refractivity contribution in [3.63, 3.8) is 0 Å². The van der Waals surface area contributed by atoms with Crippen molar-refractivity contribution in [1.29, 1.82) is 0 Å². The molecular weight excluding hydrogens is 306 g/mol. The van der Waals surface area contributed by atoms with Crippen molar-refractivity contribution in [2.75, 3.05) is 18.0 Å². The van der Waals surface area contributed by atoms with Crippen molar-refractivity contribution >= 4 is 21.6 Å². The van der Waals surface area contributed by atoms with Crippen molar-refractivity contribution in [3.8, 4) is 0 Å². The Morgan fingerprint density at radius 1 is 1.21 bits per heavy atom. The summed E-state index contributed by atoms with van der Waals surface area (Å²) >= 11 is 3.60. The largest absolute Gasteiger partial charge is 0.392 e. The topological polar surface area (TPSA) is 32.7 Å². The lowest BCUT2D eigenvalue weighted by atomic mass is 9.98. The van der Waals surface area contributed by atoms with Gasteiger partial charge >= 0.3 is 0 Å². The van der Waals surface area contributed by atoms with Crippen molar-refractivity contribution in [1.82, 2.24) is 0 Å². The monoisotopic (exact) mass is 327 g/mol. The van der Waals surface area contributed by atoms with Crippen LogP contribution in [0.5, 0.6) is 0 Å². The average molecular weight is 328 g/mol. The van der Waals surface area contributed by atoms with Gasteiger partial charge < -0.3 is 14.7 Å². The first-order chi connectivity index (χ1) is 8.72. The molecule has 1 fully saturated rings. The molecule has 3 nitrogen and oxygen atoms in total. The maximum absolute atomic E-state index is 9.18. The lowest BCUT2D eigenvalue weighted by Gasteiger charge is -2.48. The summed E-state index contributed by atoms with van der Waals surface area (Å²) < 4.78 is 7.12. The van der Waals surface area contributed by atoms with E-state index in [2.05, 4.69) is 54.6 Å². The third kappa shape index (κ3) is 3.50. The van der Waals surface area contributed by atoms with Crippen LogP contribution in [0, 0.1) is 0 Å². The normalized spacial score (nSPS) is 21.5. The SMILES string of the molecule is CC1(C)CN(c2ccc(CO)cc2Br)CC(C)(C)O1. The number of hydrogen-bond donors (Lipinski definition) is 1. The van der Waals surface area contributed by atoms with E-state index in [-0.39, 0.29) is 17.8 Å². The maximum Gasteiger partial charge on any atom is 0.0808 e. The summed E-state index contributed by atoms with van der Waals surface area (Å²) in [7, 11) is 0. The number of ether oxygens (including phenoxy) is 1. The first-order valence-electron chi connectivity index (χ1n) is 6.57. The Bertz CT molecular complexity index is 455. The lowest BCUT2D eigenvalue weighted by molar-refractivity contribution is -0.133. The van der Waals surface area contributed by atoms with Crippen molar-refractivity contribution < 1.29 is 9.84 Å². The molecule has 0 bridgehead atoms. The number of morpholine rings is 1. The lowest BCUT2D eigenvalue weighted by Crippen LogP contribution is -2.57. The molecule has 0 amide bonds. The Kier molecular flexibility index (Phi) is 3.96. The van der Waals surface area contributed by atoms with Gasteiger partial charge in [-0.1, -0.05) is 6.07 Å². The number of nitrogens with zero attached hydrogens (tertiary/aromatic N) is 1. The molecule has 106 valence electrons. The summed E-state index contributed by atoms with van der Waals surface area (Å²) in [5.74, 6) is 0. The van der Waals surface area contributed by atoms with E-state index >= 15 is 0 Å². The molecule has 1 aromatic carbocycles. The molecule has 0 atom stereocenters. The highest BCUT2D eigenvalue weighted by molar-refractivity contribution is 9.10. The van der Waals surface area contributed by atoms with Crippen molar-refractivity contribution in [2.24, 2.45) is 0 Å². The molecule has 0 radical (unpaired) electrons. The number of halogens is 1. The molecule has 0 spiro atoms. The van der Waals surface area contributed by atoms with Gasteiger partial charge in [0.2, 0.25) is 0 Å². The van der Waals surface area contributed by atoms with Crippen LogP contribution in [0.3, 0.4) is 0 Å². The number of rotatable bonds is 2. The van der Waals surface area contributed by atoms with Crippen LogP contribution in [0.1, 0.15) is 33.3 Å². The molecule has 4 heteroatoms. The molecule has 0 aromatic heterocycles. The van der Waals surface area contributed by atoms with E-state index in [4.69, 9.17) is 4.74 Å². The minimum Gasteiger partial charge on any atom is -0.392 e. The van der Waals surface area contributed by atoms with Gasteiger partial charge in [0.1, 0.15) is 0 Å². The van der Waals surface area contributed by atoms with Crippen molar-refractivity contribution in [3.05, 3.63) is 28.2 Å². The second-order valence-electron chi connectivity index (χ2n) is 6.42. The van der Waals surface area contributed by atoms with Gasteiger partial charge in [-0.25, -0.2) is 0 Å². The Balaban J connectivity index is 2.31. The first-order valence-corrected chi connectivity index (χ1v) is 7.36. The number of aliphatic hydroxyl groups excluding tert-OH is 1. The van der Waals surface area contributed by atoms with Crippen LogP contribution in [-0.4, -0.2) is 29.4 Å². The molecule has 0 aliphatic carbocycles. The van der Waals surface area contributed by atoms with Gasteiger partial charge in [0.05, 0.1) is 23.5 Å². The molecule has 1 aliphatic heterocycles. The summed E-state index contributed by atoms with van der Waals surface area (Å²) in [4.78, 5) is 2.34. The van der Waals surface area contributed by atoms with E-state index in [9.17, 15) is 5.11 Å². The van der Waals surface area contributed by atoms with Crippen LogP contribution in [0.25, 0.3) is 0 Å². The van der Waals surface area contributed by atoms with Crippen LogP contribution < -0.4 is 4.90 Å². The summed E-state index contributed by atoms with van der Waals surface area (Å²) in [5, 5.41) is 9.18. The fourth-order valence-electron chi connectivity index (χ4n) is 2.86. The predicted octanol–water partition coefficient (Wildman–Crippen LogP) is 3.34. The van der Waals surface area contributed by atoms with E-state index in [1.54, 1.807) is 0 Å². The van der Waals surface area contributed by atoms with Gasteiger partial charge in [0, 0.05) is 17.6 Å². The van der Waals surface area contributed by atoms with Gasteiger partial charge in [0.25, 0.3) is 0 Å². The molecule has 1 aliphatic rings. The van der Waals surface area contributed by atoms with Gasteiger partial charge in [-0.05, 0) is 61.3 Å². The standard InChI is InChI=1S/C15H22BrNO2/c1-14(2)9-17(10-15(3,4)19-14)13-6-5-11(8-18)7-12(13)16/h5-7,18H,8-10H2,1-4H3. The Morgan fingerprint density at radius 3 is 2.26 bits per heavy atom. The highest BCUT2D eigenvalue weighted by Gasteiger charge is 2.38. The molecular formula is C15H22BrNO2. The molecule has 1 heterocycles. The quantitative estimate of drug-likeness (QED) is 0.904. The van der Waals surface area contributed by atoms with Crippen LogP contribution in [-0.2, 0) is 11.3 Å². The molecule has 0 saturated carbocycles. The van der Waals surface area contributed by atoms with Crippen LogP contribution >= 0.6 is 15.9 Å². The van der Waals surface area contributed by atoms with Crippen molar-refractivity contribution in [2.45, 2.75) is 45.5 Å². The van der Waals surface area contributed by atoms with E-state index in [1.165, 1.54) is 0 Å². The second-order valence-corrected chi connectivity index (χ2v) is 7.28. The summed E-state index contributed by atoms with van der Waals surface area (Å²) in [6.07, 6.45) is 0. The van der Waals surface area contributed by atoms with Crippen LogP contribution in [0.4, 0.5) is 5.69 Å². The predicted molar refractivity (Wildman–Crippen MR) is 81.5 cm³/mol. The Labute approximate surface area is 123 Å². The number of anilines is 1. The zero-order chi connectivity index (χ0) is 14.3. The number of benzene rings is 1. The van der Waals surface area contributed by atoms with Gasteiger partial charge in [-0.3, -0.25) is 0 Å². The van der Waals surface area contributed by atoms with E-state index in [1.807, 2.05) is 12.1 Å². The minimum atomic E-state index is -0.170. The van der Waals surface area contributed by atoms with E-state index < -0.39 is 0 Å². The van der Waals surface area contributed by atoms with E-state index in [0.717, 1.165) is 28.8 Å². The zero-order valence-corrected chi connectivity index (χ0v) is 13.6. The number of aliphatic hydroxyl groups is 1. The third-order valence-electron chi connectivity index (χ3n) is 3.23. The first kappa shape index (κ1) is 14.8. The van der Waals surface area contributed by atoms with Gasteiger partial charge in [0.15, 0.2) is 0 Å². The smallest absolute Gasteiger partial charge is 0.0808 e. The highest BCUT2D eigenvalue weighted by Crippen LogP contribution is 2.35. The Morgan fingerprint density at radius 2 is 1.79 bits per heavy atom. The fourth-order valence-corrected chi connectivity index (χ4v) is 3.54. The van der Waals surface area contributed by atoms with Crippen LogP contribution in [0.15, 0.2) is 22.7 Å². The highest BCUT2D eigenvalue weighted by atomic mass is 79.9. The third-order valence-corrected chi connectivity index (χ3v) is 3.87. The number of hydrogen-bond acceptors (Lipinski definition) is 3. The average Bonchev–Trinajstić information content (AvgIpc) is 2.24. The van der Waals surface area contributed by atoms with Crippen LogP contribution in [0.2, 0.25) is 0 Å². The molecule has 0 unspecified atom stereocenters. The molecule has 19 heavy (non-hydrogen) atoms. The van der Waals surface area contributed by atoms with Gasteiger partial charge in [-0.2, -0.15) is 0 Å². The van der Waals surface area contributed by atoms with Gasteiger partial charge in [-0.15, -0.1) is 0 Å². The molecule has 1 aromatic rings. The molecule has 1 N–H and O–H groups in total.